The third-order valence-corrected chi connectivity index (χ3v) is 6.52. The summed E-state index contributed by atoms with van der Waals surface area (Å²) in [6.07, 6.45) is 5.59. The zero-order chi connectivity index (χ0) is 24.6. The number of fused-ring (bicyclic) bond motifs is 2. The van der Waals surface area contributed by atoms with Crippen LogP contribution in [0.15, 0.2) is 55.0 Å². The van der Waals surface area contributed by atoms with E-state index in [2.05, 4.69) is 25.3 Å². The highest BCUT2D eigenvalue weighted by Crippen LogP contribution is 2.37. The van der Waals surface area contributed by atoms with Gasteiger partial charge in [-0.15, -0.1) is 0 Å². The fraction of sp³-hybridized carbons (Fsp3) is 0.259. The first-order valence-electron chi connectivity index (χ1n) is 11.9. The monoisotopic (exact) mass is 485 g/mol. The number of ether oxygens (including phenoxy) is 2. The van der Waals surface area contributed by atoms with Crippen LogP contribution in [0.2, 0.25) is 0 Å². The minimum atomic E-state index is -1.14. The molecule has 1 amide bonds. The van der Waals surface area contributed by atoms with Crippen LogP contribution in [-0.4, -0.2) is 32.4 Å². The molecule has 0 bridgehead atoms. The second-order valence-corrected chi connectivity index (χ2v) is 9.04. The van der Waals surface area contributed by atoms with Gasteiger partial charge in [-0.1, -0.05) is 0 Å². The number of rotatable bonds is 5. The van der Waals surface area contributed by atoms with Crippen LogP contribution < -0.4 is 14.8 Å². The van der Waals surface area contributed by atoms with E-state index in [4.69, 9.17) is 9.47 Å². The van der Waals surface area contributed by atoms with Gasteiger partial charge in [0.1, 0.15) is 35.1 Å². The van der Waals surface area contributed by atoms with E-state index in [1.807, 2.05) is 30.3 Å². The van der Waals surface area contributed by atoms with Crippen LogP contribution in [0, 0.1) is 0 Å². The number of aromatic amines is 1. The molecule has 9 heteroatoms. The van der Waals surface area contributed by atoms with Crippen molar-refractivity contribution in [2.45, 2.75) is 38.3 Å². The average Bonchev–Trinajstić information content (AvgIpc) is 3.39. The lowest BCUT2D eigenvalue weighted by Gasteiger charge is -2.25. The third-order valence-electron chi connectivity index (χ3n) is 6.52. The maximum absolute atomic E-state index is 13.7. The number of benzene rings is 1. The molecule has 0 saturated heterocycles. The summed E-state index contributed by atoms with van der Waals surface area (Å²) in [6, 6.07) is 11.2. The molecule has 0 radical (unpaired) electrons. The van der Waals surface area contributed by atoms with Gasteiger partial charge in [-0.2, -0.15) is 0 Å². The Bertz CT molecular complexity index is 1450. The number of aromatic nitrogens is 4. The van der Waals surface area contributed by atoms with Crippen molar-refractivity contribution in [2.24, 2.45) is 0 Å². The van der Waals surface area contributed by atoms with Gasteiger partial charge in [0.2, 0.25) is 5.91 Å². The highest BCUT2D eigenvalue weighted by molar-refractivity contribution is 5.93. The first-order chi connectivity index (χ1) is 17.5. The van der Waals surface area contributed by atoms with Crippen molar-refractivity contribution in [3.05, 3.63) is 77.6 Å². The molecule has 1 unspecified atom stereocenters. The minimum absolute atomic E-state index is 0.0341. The van der Waals surface area contributed by atoms with Gasteiger partial charge in [0, 0.05) is 29.9 Å². The lowest BCUT2D eigenvalue weighted by atomic mass is 9.96. The van der Waals surface area contributed by atoms with E-state index >= 15 is 0 Å². The van der Waals surface area contributed by atoms with Crippen molar-refractivity contribution in [1.82, 2.24) is 19.9 Å². The van der Waals surface area contributed by atoms with Gasteiger partial charge in [0.25, 0.3) is 0 Å². The van der Waals surface area contributed by atoms with Crippen molar-refractivity contribution in [1.29, 1.82) is 0 Å². The number of carbonyl (C=O) groups is 1. The summed E-state index contributed by atoms with van der Waals surface area (Å²) in [4.78, 5) is 28.0. The van der Waals surface area contributed by atoms with Crippen molar-refractivity contribution in [3.8, 4) is 28.5 Å². The topological polar surface area (TPSA) is 102 Å². The maximum atomic E-state index is 13.7. The summed E-state index contributed by atoms with van der Waals surface area (Å²) in [5.74, 6) is 3.56. The smallest absolute Gasteiger partial charge is 0.225 e. The number of nitrogens with zero attached hydrogens (tertiary/aromatic N) is 3. The summed E-state index contributed by atoms with van der Waals surface area (Å²) >= 11 is 0. The van der Waals surface area contributed by atoms with Crippen molar-refractivity contribution >= 4 is 11.7 Å². The Kier molecular flexibility index (Phi) is 5.59. The number of imidazole rings is 1. The highest BCUT2D eigenvalue weighted by atomic mass is 19.1. The second-order valence-electron chi connectivity index (χ2n) is 9.04. The number of hydrogen-bond acceptors (Lipinski definition) is 6. The van der Waals surface area contributed by atoms with Gasteiger partial charge in [-0.3, -0.25) is 9.78 Å². The summed E-state index contributed by atoms with van der Waals surface area (Å²) < 4.78 is 25.9. The normalized spacial score (nSPS) is 17.4. The van der Waals surface area contributed by atoms with Gasteiger partial charge in [-0.25, -0.2) is 14.4 Å². The molecule has 182 valence electrons. The van der Waals surface area contributed by atoms with E-state index in [0.29, 0.717) is 42.5 Å². The van der Waals surface area contributed by atoms with Crippen molar-refractivity contribution in [2.75, 3.05) is 11.9 Å². The number of halogens is 1. The van der Waals surface area contributed by atoms with Crippen LogP contribution in [-0.2, 0) is 17.6 Å². The summed E-state index contributed by atoms with van der Waals surface area (Å²) in [5, 5.41) is 2.80. The van der Waals surface area contributed by atoms with Gasteiger partial charge in [-0.05, 0) is 61.7 Å². The van der Waals surface area contributed by atoms with E-state index in [1.54, 1.807) is 24.7 Å². The fourth-order valence-electron chi connectivity index (χ4n) is 4.61. The zero-order valence-electron chi connectivity index (χ0n) is 19.6. The van der Waals surface area contributed by atoms with Crippen LogP contribution in [0.3, 0.4) is 0 Å². The summed E-state index contributed by atoms with van der Waals surface area (Å²) in [6.45, 7) is 1.97. The molecule has 6 rings (SSSR count). The molecule has 3 aromatic heterocycles. The van der Waals surface area contributed by atoms with Gasteiger partial charge < -0.3 is 19.8 Å². The number of anilines is 1. The summed E-state index contributed by atoms with van der Waals surface area (Å²) in [7, 11) is 0. The second kappa shape index (κ2) is 9.07. The first kappa shape index (κ1) is 22.2. The lowest BCUT2D eigenvalue weighted by Crippen LogP contribution is -2.20. The molecule has 2 aliphatic rings. The number of hydrogen-bond donors (Lipinski definition) is 2. The van der Waals surface area contributed by atoms with Crippen molar-refractivity contribution in [3.63, 3.8) is 0 Å². The molecular formula is C27H24FN5O3. The van der Waals surface area contributed by atoms with Crippen LogP contribution in [0.25, 0.3) is 11.3 Å². The molecule has 5 heterocycles. The predicted molar refractivity (Wildman–Crippen MR) is 131 cm³/mol. The van der Waals surface area contributed by atoms with Crippen LogP contribution in [0.4, 0.5) is 10.2 Å². The van der Waals surface area contributed by atoms with E-state index in [9.17, 15) is 9.18 Å². The molecule has 36 heavy (non-hydrogen) atoms. The minimum Gasteiger partial charge on any atom is -0.493 e. The Hall–Kier alpha value is -4.27. The Morgan fingerprint density at radius 2 is 2.00 bits per heavy atom. The van der Waals surface area contributed by atoms with E-state index < -0.39 is 6.17 Å². The molecular weight excluding hydrogens is 461 g/mol. The number of nitrogens with one attached hydrogen (secondary N) is 2. The molecule has 0 spiro atoms. The molecule has 0 saturated carbocycles. The van der Waals surface area contributed by atoms with E-state index in [1.165, 1.54) is 6.92 Å². The maximum Gasteiger partial charge on any atom is 0.225 e. The fourth-order valence-corrected chi connectivity index (χ4v) is 4.61. The molecule has 0 fully saturated rings. The lowest BCUT2D eigenvalue weighted by molar-refractivity contribution is -0.116. The number of pyridine rings is 2. The third kappa shape index (κ3) is 4.28. The number of alkyl halides is 1. The molecule has 2 N–H and O–H groups in total. The van der Waals surface area contributed by atoms with Crippen LogP contribution >= 0.6 is 0 Å². The SMILES string of the molecule is CC(F)c1cc(-c2cnc([C@@H]3COc4ccc(Oc5ccnc6c5CCC(=O)N6)cc4C3)[nH]2)ccn1. The van der Waals surface area contributed by atoms with Crippen LogP contribution in [0.1, 0.15) is 48.1 Å². The molecule has 2 atom stereocenters. The van der Waals surface area contributed by atoms with E-state index in [0.717, 1.165) is 40.4 Å². The van der Waals surface area contributed by atoms with Crippen molar-refractivity contribution < 1.29 is 18.7 Å². The van der Waals surface area contributed by atoms with Gasteiger partial charge in [0.05, 0.1) is 30.1 Å². The molecule has 4 aromatic rings. The number of carbonyl (C=O) groups excluding carboxylic acids is 1. The predicted octanol–water partition coefficient (Wildman–Crippen LogP) is 5.29. The van der Waals surface area contributed by atoms with Gasteiger partial charge >= 0.3 is 0 Å². The quantitative estimate of drug-likeness (QED) is 0.398. The molecule has 8 nitrogen and oxygen atoms in total. The Labute approximate surface area is 206 Å². The Morgan fingerprint density at radius 1 is 1.11 bits per heavy atom. The van der Waals surface area contributed by atoms with Crippen LogP contribution in [0.5, 0.6) is 17.2 Å². The van der Waals surface area contributed by atoms with E-state index in [-0.39, 0.29) is 11.8 Å². The van der Waals surface area contributed by atoms with Gasteiger partial charge in [0.15, 0.2) is 0 Å². The number of amides is 1. The number of H-pyrrole nitrogens is 1. The zero-order valence-corrected chi connectivity index (χ0v) is 19.6. The first-order valence-corrected chi connectivity index (χ1v) is 11.9. The Morgan fingerprint density at radius 3 is 2.89 bits per heavy atom. The average molecular weight is 486 g/mol. The standard InChI is InChI=1S/C27H24FN5O3/c1-15(28)21-12-16(6-8-29-21)22-13-31-26(32-22)18-10-17-11-19(2-4-23(17)35-14-18)36-24-7-9-30-27-20(24)3-5-25(34)33-27/h2,4,6-9,11-13,15,18H,3,5,10,14H2,1H3,(H,31,32)(H,30,33,34)/t15?,18-/m0/s1. The molecule has 1 aromatic carbocycles. The largest absolute Gasteiger partial charge is 0.493 e. The molecule has 0 aliphatic carbocycles. The molecule has 2 aliphatic heterocycles. The highest BCUT2D eigenvalue weighted by Gasteiger charge is 2.25. The summed E-state index contributed by atoms with van der Waals surface area (Å²) in [5.41, 5.74) is 3.97. The Balaban J connectivity index is 1.21.